The molecular formula is C59H106O12. The highest BCUT2D eigenvalue weighted by atomic mass is 16.7. The lowest BCUT2D eigenvalue weighted by Gasteiger charge is -2.40. The first kappa shape index (κ1) is 66.2. The van der Waals surface area contributed by atoms with Gasteiger partial charge in [-0.3, -0.25) is 14.4 Å². The van der Waals surface area contributed by atoms with Gasteiger partial charge in [0.15, 0.2) is 24.6 Å². The Kier molecular flexibility index (Phi) is 44.9. The van der Waals surface area contributed by atoms with Crippen LogP contribution < -0.4 is 0 Å². The third-order valence-corrected chi connectivity index (χ3v) is 13.5. The Morgan fingerprint density at radius 3 is 1.25 bits per heavy atom. The Morgan fingerprint density at radius 2 is 0.817 bits per heavy atom. The highest BCUT2D eigenvalue weighted by Gasteiger charge is 2.50. The second-order valence-corrected chi connectivity index (χ2v) is 20.3. The highest BCUT2D eigenvalue weighted by molar-refractivity contribution is 5.74. The summed E-state index contributed by atoms with van der Waals surface area (Å²) in [5, 5.41) is 31.4. The molecule has 0 radical (unpaired) electrons. The minimum absolute atomic E-state index is 0.0654. The summed E-state index contributed by atoms with van der Waals surface area (Å²) in [7, 11) is 0. The summed E-state index contributed by atoms with van der Waals surface area (Å²) >= 11 is 0. The van der Waals surface area contributed by atoms with Gasteiger partial charge in [-0.2, -0.15) is 0 Å². The molecule has 1 saturated heterocycles. The molecule has 0 saturated carbocycles. The number of ether oxygens (including phenoxy) is 5. The Bertz CT molecular complexity index is 1340. The average molecular weight is 1010 g/mol. The second kappa shape index (κ2) is 48.2. The molecule has 1 aliphatic rings. The van der Waals surface area contributed by atoms with Crippen molar-refractivity contribution in [1.29, 1.82) is 0 Å². The normalized spacial score (nSPS) is 18.6. The van der Waals surface area contributed by atoms with Crippen LogP contribution in [0.1, 0.15) is 278 Å². The van der Waals surface area contributed by atoms with Gasteiger partial charge in [-0.15, -0.1) is 0 Å². The Hall–Kier alpha value is -2.80. The van der Waals surface area contributed by atoms with Gasteiger partial charge in [0.2, 0.25) is 0 Å². The van der Waals surface area contributed by atoms with Gasteiger partial charge in [-0.25, -0.2) is 4.79 Å². The molecule has 0 spiro atoms. The predicted octanol–water partition coefficient (Wildman–Crippen LogP) is 14.7. The van der Waals surface area contributed by atoms with Crippen LogP contribution in [0.15, 0.2) is 24.3 Å². The number of carbonyl (C=O) groups is 4. The smallest absolute Gasteiger partial charge is 0.335 e. The van der Waals surface area contributed by atoms with Crippen molar-refractivity contribution in [3.8, 4) is 0 Å². The van der Waals surface area contributed by atoms with Crippen LogP contribution in [-0.2, 0) is 42.9 Å². The van der Waals surface area contributed by atoms with Gasteiger partial charge in [0, 0.05) is 19.3 Å². The van der Waals surface area contributed by atoms with E-state index in [9.17, 15) is 34.5 Å². The highest BCUT2D eigenvalue weighted by Crippen LogP contribution is 2.26. The Labute approximate surface area is 432 Å². The van der Waals surface area contributed by atoms with Crippen LogP contribution in [0.5, 0.6) is 0 Å². The predicted molar refractivity (Wildman–Crippen MR) is 285 cm³/mol. The van der Waals surface area contributed by atoms with Gasteiger partial charge < -0.3 is 39.0 Å². The van der Waals surface area contributed by atoms with Gasteiger partial charge in [0.25, 0.3) is 0 Å². The number of allylic oxidation sites excluding steroid dienone is 4. The molecule has 1 aliphatic heterocycles. The fourth-order valence-corrected chi connectivity index (χ4v) is 8.93. The zero-order valence-corrected chi connectivity index (χ0v) is 45.5. The van der Waals surface area contributed by atoms with Crippen molar-refractivity contribution in [2.45, 2.75) is 314 Å². The first-order chi connectivity index (χ1) is 34.6. The number of hydrogen-bond donors (Lipinski definition) is 3. The lowest BCUT2D eigenvalue weighted by molar-refractivity contribution is -0.301. The van der Waals surface area contributed by atoms with E-state index in [0.29, 0.717) is 19.3 Å². The van der Waals surface area contributed by atoms with Crippen LogP contribution in [0, 0.1) is 0 Å². The second-order valence-electron chi connectivity index (χ2n) is 20.3. The summed E-state index contributed by atoms with van der Waals surface area (Å²) in [6.07, 6.45) is 41.5. The van der Waals surface area contributed by atoms with E-state index in [1.807, 2.05) is 0 Å². The van der Waals surface area contributed by atoms with Gasteiger partial charge in [0.05, 0.1) is 6.61 Å². The van der Waals surface area contributed by atoms with Crippen molar-refractivity contribution in [2.24, 2.45) is 0 Å². The maximum atomic E-state index is 13.1. The molecule has 0 aliphatic carbocycles. The van der Waals surface area contributed by atoms with Gasteiger partial charge >= 0.3 is 23.9 Å². The van der Waals surface area contributed by atoms with Crippen molar-refractivity contribution in [2.75, 3.05) is 13.2 Å². The van der Waals surface area contributed by atoms with E-state index in [4.69, 9.17) is 23.7 Å². The maximum absolute atomic E-state index is 13.1. The number of aliphatic hydroxyl groups is 2. The number of rotatable bonds is 50. The van der Waals surface area contributed by atoms with E-state index in [-0.39, 0.29) is 25.9 Å². The van der Waals surface area contributed by atoms with E-state index >= 15 is 0 Å². The van der Waals surface area contributed by atoms with E-state index < -0.39 is 67.3 Å². The van der Waals surface area contributed by atoms with Crippen molar-refractivity contribution in [1.82, 2.24) is 0 Å². The molecule has 71 heavy (non-hydrogen) atoms. The maximum Gasteiger partial charge on any atom is 0.335 e. The molecule has 6 unspecified atom stereocenters. The molecule has 6 atom stereocenters. The number of carboxylic acid groups (broad SMARTS) is 1. The van der Waals surface area contributed by atoms with E-state index in [1.165, 1.54) is 122 Å². The monoisotopic (exact) mass is 1010 g/mol. The quantitative estimate of drug-likeness (QED) is 0.0228. The van der Waals surface area contributed by atoms with Crippen molar-refractivity contribution < 1.29 is 58.2 Å². The topological polar surface area (TPSA) is 175 Å². The zero-order valence-electron chi connectivity index (χ0n) is 45.5. The third-order valence-electron chi connectivity index (χ3n) is 13.5. The molecule has 1 rings (SSSR count). The van der Waals surface area contributed by atoms with Crippen LogP contribution in [0.4, 0.5) is 0 Å². The molecule has 12 nitrogen and oxygen atoms in total. The average Bonchev–Trinajstić information content (AvgIpc) is 3.35. The molecule has 0 aromatic heterocycles. The van der Waals surface area contributed by atoms with Crippen LogP contribution >= 0.6 is 0 Å². The minimum atomic E-state index is -1.90. The molecule has 414 valence electrons. The molecule has 3 N–H and O–H groups in total. The summed E-state index contributed by atoms with van der Waals surface area (Å²) in [6, 6.07) is 0. The van der Waals surface area contributed by atoms with Crippen LogP contribution in [-0.4, -0.2) is 89.2 Å². The van der Waals surface area contributed by atoms with Gasteiger partial charge in [-0.1, -0.05) is 218 Å². The largest absolute Gasteiger partial charge is 0.479 e. The zero-order chi connectivity index (χ0) is 51.8. The van der Waals surface area contributed by atoms with E-state index in [0.717, 1.165) is 96.3 Å². The van der Waals surface area contributed by atoms with Crippen LogP contribution in [0.25, 0.3) is 0 Å². The summed E-state index contributed by atoms with van der Waals surface area (Å²) in [4.78, 5) is 51.0. The number of aliphatic hydroxyl groups excluding tert-OH is 2. The first-order valence-electron chi connectivity index (χ1n) is 29.3. The molecule has 1 fully saturated rings. The molecule has 0 bridgehead atoms. The molecule has 12 heteroatoms. The number of esters is 3. The summed E-state index contributed by atoms with van der Waals surface area (Å²) in [5.74, 6) is -3.12. The summed E-state index contributed by atoms with van der Waals surface area (Å²) < 4.78 is 28.4. The summed E-state index contributed by atoms with van der Waals surface area (Å²) in [5.41, 5.74) is 0. The van der Waals surface area contributed by atoms with Crippen molar-refractivity contribution >= 4 is 23.9 Å². The number of carboxylic acids is 1. The molecule has 0 aromatic carbocycles. The van der Waals surface area contributed by atoms with Gasteiger partial charge in [0.1, 0.15) is 18.8 Å². The fourth-order valence-electron chi connectivity index (χ4n) is 8.93. The lowest BCUT2D eigenvalue weighted by Crippen LogP contribution is -2.61. The minimum Gasteiger partial charge on any atom is -0.479 e. The summed E-state index contributed by atoms with van der Waals surface area (Å²) in [6.45, 7) is 5.94. The van der Waals surface area contributed by atoms with Gasteiger partial charge in [-0.05, 0) is 64.2 Å². The van der Waals surface area contributed by atoms with Crippen molar-refractivity contribution in [3.05, 3.63) is 24.3 Å². The number of unbranched alkanes of at least 4 members (excludes halogenated alkanes) is 32. The number of aliphatic carboxylic acids is 1. The Morgan fingerprint density at radius 1 is 0.451 bits per heavy atom. The third kappa shape index (κ3) is 38.4. The number of hydrogen-bond acceptors (Lipinski definition) is 11. The molecule has 0 amide bonds. The number of carbonyl (C=O) groups excluding carboxylic acids is 3. The molecule has 1 heterocycles. The van der Waals surface area contributed by atoms with E-state index in [1.54, 1.807) is 0 Å². The molecule has 0 aromatic rings. The van der Waals surface area contributed by atoms with Crippen molar-refractivity contribution in [3.63, 3.8) is 0 Å². The van der Waals surface area contributed by atoms with E-state index in [2.05, 4.69) is 45.1 Å². The lowest BCUT2D eigenvalue weighted by atomic mass is 9.98. The fraction of sp³-hybridized carbons (Fsp3) is 0.864. The SMILES string of the molecule is CCCC/C=C\CCCCCCCC(=O)OC(COC(=O)CCCCCCC/C=C\CCCCCC)COC1OC(C(=O)O)C(O)C(O)C1OC(=O)CCCCCCCCCCCCCCCCCCC. The standard InChI is InChI=1S/C59H106O12/c1-4-7-10-13-16-19-22-24-25-26-27-29-32-35-38-41-44-47-53(62)70-57-55(64)54(63)56(58(65)66)71-59(57)68-49-50(69-52(61)46-43-40-37-34-30-21-18-15-12-9-6-3)48-67-51(60)45-42-39-36-33-31-28-23-20-17-14-11-8-5-2/h15,18,20,23,50,54-57,59,63-64H,4-14,16-17,19,21-22,24-49H2,1-3H3,(H,65,66)/b18-15-,23-20-. The molecular weight excluding hydrogens is 901 g/mol. The van der Waals surface area contributed by atoms with Crippen LogP contribution in [0.2, 0.25) is 0 Å². The Balaban J connectivity index is 2.66. The van der Waals surface area contributed by atoms with Crippen LogP contribution in [0.3, 0.4) is 0 Å². The first-order valence-corrected chi connectivity index (χ1v) is 29.3.